The van der Waals surface area contributed by atoms with Crippen LogP contribution in [0.15, 0.2) is 103 Å². The molecule has 6 unspecified atom stereocenters. The Morgan fingerprint density at radius 3 is 2.21 bits per heavy atom. The van der Waals surface area contributed by atoms with Gasteiger partial charge in [0.05, 0.1) is 34.5 Å². The van der Waals surface area contributed by atoms with Crippen LogP contribution in [-0.4, -0.2) is 49.9 Å². The molecular weight excluding hydrogens is 662 g/mol. The average molecular weight is 698 g/mol. The van der Waals surface area contributed by atoms with E-state index in [4.69, 9.17) is 0 Å². The highest BCUT2D eigenvalue weighted by Crippen LogP contribution is 2.64. The summed E-state index contributed by atoms with van der Waals surface area (Å²) in [6, 6.07) is 25.2. The molecule has 3 fully saturated rings. The summed E-state index contributed by atoms with van der Waals surface area (Å²) in [4.78, 5) is 71.0. The van der Waals surface area contributed by atoms with Gasteiger partial charge in [-0.15, -0.1) is 0 Å². The fourth-order valence-corrected chi connectivity index (χ4v) is 9.07. The Labute approximate surface area is 298 Å². The second-order valence-corrected chi connectivity index (χ2v) is 14.2. The number of allylic oxidation sites excluding steroid dienone is 2. The van der Waals surface area contributed by atoms with E-state index in [1.54, 1.807) is 31.2 Å². The quantitative estimate of drug-likeness (QED) is 0.148. The van der Waals surface area contributed by atoms with E-state index in [0.29, 0.717) is 22.4 Å². The molecule has 11 heteroatoms. The molecule has 2 aliphatic carbocycles. The van der Waals surface area contributed by atoms with Crippen molar-refractivity contribution < 1.29 is 39.3 Å². The Bertz CT molecular complexity index is 2230. The van der Waals surface area contributed by atoms with Crippen molar-refractivity contribution in [1.82, 2.24) is 5.01 Å². The van der Waals surface area contributed by atoms with E-state index in [-0.39, 0.29) is 29.8 Å². The summed E-state index contributed by atoms with van der Waals surface area (Å²) in [5.74, 6) is -7.76. The lowest BCUT2D eigenvalue weighted by Crippen LogP contribution is -2.53. The van der Waals surface area contributed by atoms with Crippen LogP contribution in [0.25, 0.3) is 0 Å². The standard InChI is InChI=1S/C41H35N3O8/c1-21-8-11-25(12-9-21)42-44-37(48)31-20-30-27(15-16-29-34(30)38(49)43(36(29)47)26-13-14-28(39(50)51)33(46)19-26)35(23-10-17-32(45)22(2)18-23)41(31,40(44)52)24-6-4-3-5-7-24/h3-15,17-19,29-31,34-35,42,45-46H,16,20H2,1-2H3,(H,50,51). The summed E-state index contributed by atoms with van der Waals surface area (Å²) in [7, 11) is 0. The molecule has 0 bridgehead atoms. The molecular formula is C41H35N3O8. The van der Waals surface area contributed by atoms with Gasteiger partial charge in [0.2, 0.25) is 11.8 Å². The molecule has 6 atom stereocenters. The number of imide groups is 2. The summed E-state index contributed by atoms with van der Waals surface area (Å²) < 4.78 is 0. The molecule has 4 aromatic rings. The zero-order valence-electron chi connectivity index (χ0n) is 28.3. The second-order valence-electron chi connectivity index (χ2n) is 14.2. The van der Waals surface area contributed by atoms with Gasteiger partial charge in [-0.3, -0.25) is 24.6 Å². The normalized spacial score (nSPS) is 26.5. The van der Waals surface area contributed by atoms with Crippen LogP contribution in [0.2, 0.25) is 0 Å². The number of anilines is 2. The van der Waals surface area contributed by atoms with E-state index >= 15 is 4.79 Å². The number of phenolic OH excluding ortho intramolecular Hbond substituents is 1. The van der Waals surface area contributed by atoms with Crippen LogP contribution in [0.1, 0.15) is 51.4 Å². The number of carboxylic acids is 1. The Hall–Kier alpha value is -6.23. The maximum absolute atomic E-state index is 15.2. The zero-order chi connectivity index (χ0) is 36.6. The van der Waals surface area contributed by atoms with Gasteiger partial charge >= 0.3 is 5.97 Å². The SMILES string of the molecule is Cc1ccc(NN2C(=O)C3CC4C(=CCC5C(=O)N(c6ccc(C(=O)O)c(O)c6)C(=O)C54)C(c4ccc(O)c(C)c4)C3(c3ccccc3)C2=O)cc1. The third kappa shape index (κ3) is 4.68. The molecule has 52 heavy (non-hydrogen) atoms. The average Bonchev–Trinajstić information content (AvgIpc) is 3.51. The molecule has 262 valence electrons. The van der Waals surface area contributed by atoms with Gasteiger partial charge in [0.25, 0.3) is 11.8 Å². The van der Waals surface area contributed by atoms with Crippen molar-refractivity contribution in [1.29, 1.82) is 0 Å². The third-order valence-corrected chi connectivity index (χ3v) is 11.4. The molecule has 4 N–H and O–H groups in total. The van der Waals surface area contributed by atoms with E-state index in [9.17, 15) is 34.5 Å². The number of aryl methyl sites for hydroxylation is 2. The largest absolute Gasteiger partial charge is 0.508 e. The number of phenols is 2. The van der Waals surface area contributed by atoms with Crippen LogP contribution in [0.3, 0.4) is 0 Å². The summed E-state index contributed by atoms with van der Waals surface area (Å²) in [6.07, 6.45) is 2.22. The van der Waals surface area contributed by atoms with Crippen LogP contribution in [0.5, 0.6) is 11.5 Å². The first-order valence-electron chi connectivity index (χ1n) is 17.1. The smallest absolute Gasteiger partial charge is 0.339 e. The molecule has 4 aromatic carbocycles. The van der Waals surface area contributed by atoms with Gasteiger partial charge in [-0.1, -0.05) is 71.8 Å². The fraction of sp³-hybridized carbons (Fsp3) is 0.244. The number of rotatable bonds is 6. The van der Waals surface area contributed by atoms with Gasteiger partial charge in [-0.2, -0.15) is 5.01 Å². The predicted octanol–water partition coefficient (Wildman–Crippen LogP) is 5.60. The second kappa shape index (κ2) is 11.9. The minimum Gasteiger partial charge on any atom is -0.508 e. The number of hydrazine groups is 1. The van der Waals surface area contributed by atoms with Crippen LogP contribution in [0, 0.1) is 37.5 Å². The summed E-state index contributed by atoms with van der Waals surface area (Å²) in [6.45, 7) is 3.69. The molecule has 0 aromatic heterocycles. The Kier molecular flexibility index (Phi) is 7.56. The van der Waals surface area contributed by atoms with Gasteiger partial charge in [0, 0.05) is 12.0 Å². The van der Waals surface area contributed by atoms with Gasteiger partial charge in [0.1, 0.15) is 17.1 Å². The van der Waals surface area contributed by atoms with Crippen LogP contribution in [-0.2, 0) is 24.6 Å². The van der Waals surface area contributed by atoms with E-state index in [1.165, 1.54) is 6.07 Å². The number of nitrogens with one attached hydrogen (secondary N) is 1. The highest BCUT2D eigenvalue weighted by Gasteiger charge is 2.70. The van der Waals surface area contributed by atoms with E-state index in [2.05, 4.69) is 5.43 Å². The number of carbonyl (C=O) groups excluding carboxylic acids is 4. The number of benzene rings is 4. The first kappa shape index (κ1) is 32.9. The molecule has 2 aliphatic heterocycles. The molecule has 11 nitrogen and oxygen atoms in total. The lowest BCUT2D eigenvalue weighted by molar-refractivity contribution is -0.138. The number of nitrogens with zero attached hydrogens (tertiary/aromatic N) is 2. The van der Waals surface area contributed by atoms with Crippen molar-refractivity contribution in [3.63, 3.8) is 0 Å². The number of hydrogen-bond donors (Lipinski definition) is 4. The number of aromatic hydroxyl groups is 2. The minimum absolute atomic E-state index is 0.0502. The van der Waals surface area contributed by atoms with Gasteiger partial charge in [0.15, 0.2) is 0 Å². The molecule has 1 saturated carbocycles. The maximum Gasteiger partial charge on any atom is 0.339 e. The Morgan fingerprint density at radius 2 is 1.54 bits per heavy atom. The lowest BCUT2D eigenvalue weighted by Gasteiger charge is -2.50. The van der Waals surface area contributed by atoms with Gasteiger partial charge in [-0.25, -0.2) is 9.69 Å². The maximum atomic E-state index is 15.2. The molecule has 4 aliphatic rings. The summed E-state index contributed by atoms with van der Waals surface area (Å²) >= 11 is 0. The molecule has 2 saturated heterocycles. The third-order valence-electron chi connectivity index (χ3n) is 11.4. The molecule has 0 radical (unpaired) electrons. The van der Waals surface area contributed by atoms with Crippen molar-refractivity contribution in [3.05, 3.63) is 130 Å². The summed E-state index contributed by atoms with van der Waals surface area (Å²) in [5.41, 5.74) is 5.52. The molecule has 0 spiro atoms. The van der Waals surface area contributed by atoms with E-state index in [0.717, 1.165) is 33.2 Å². The topological polar surface area (TPSA) is 165 Å². The van der Waals surface area contributed by atoms with E-state index in [1.807, 2.05) is 61.5 Å². The number of aromatic carboxylic acids is 1. The Balaban J connectivity index is 1.30. The molecule has 8 rings (SSSR count). The lowest BCUT2D eigenvalue weighted by atomic mass is 9.49. The van der Waals surface area contributed by atoms with Crippen molar-refractivity contribution in [3.8, 4) is 11.5 Å². The first-order valence-corrected chi connectivity index (χ1v) is 17.1. The molecule has 4 amide bonds. The van der Waals surface area contributed by atoms with E-state index < -0.39 is 70.4 Å². The number of hydrogen-bond acceptors (Lipinski definition) is 8. The zero-order valence-corrected chi connectivity index (χ0v) is 28.3. The number of carbonyl (C=O) groups is 5. The summed E-state index contributed by atoms with van der Waals surface area (Å²) in [5, 5.41) is 31.5. The van der Waals surface area contributed by atoms with Crippen molar-refractivity contribution in [2.45, 2.75) is 38.0 Å². The Morgan fingerprint density at radius 1 is 0.808 bits per heavy atom. The number of fused-ring (bicyclic) bond motifs is 4. The highest BCUT2D eigenvalue weighted by atomic mass is 16.4. The van der Waals surface area contributed by atoms with Gasteiger partial charge < -0.3 is 15.3 Å². The van der Waals surface area contributed by atoms with Crippen LogP contribution in [0.4, 0.5) is 11.4 Å². The first-order chi connectivity index (χ1) is 24.9. The monoisotopic (exact) mass is 697 g/mol. The highest BCUT2D eigenvalue weighted by molar-refractivity contribution is 6.23. The minimum atomic E-state index is -1.45. The van der Waals surface area contributed by atoms with Crippen molar-refractivity contribution >= 4 is 41.0 Å². The van der Waals surface area contributed by atoms with Crippen LogP contribution < -0.4 is 10.3 Å². The molecule has 2 heterocycles. The van der Waals surface area contributed by atoms with Crippen LogP contribution >= 0.6 is 0 Å². The van der Waals surface area contributed by atoms with Gasteiger partial charge in [-0.05, 0) is 79.6 Å². The fourth-order valence-electron chi connectivity index (χ4n) is 9.07. The predicted molar refractivity (Wildman–Crippen MR) is 189 cm³/mol. The van der Waals surface area contributed by atoms with Crippen molar-refractivity contribution in [2.24, 2.45) is 23.7 Å². The van der Waals surface area contributed by atoms with Crippen molar-refractivity contribution in [2.75, 3.05) is 10.3 Å². The number of amides is 4. The number of carboxylic acid groups (broad SMARTS) is 1.